The Morgan fingerprint density at radius 2 is 0.938 bits per heavy atom. The van der Waals surface area contributed by atoms with E-state index in [1.807, 2.05) is 0 Å². The van der Waals surface area contributed by atoms with Gasteiger partial charge in [-0.2, -0.15) is 0 Å². The normalized spacial score (nSPS) is 10.9. The molecule has 98 valence electrons. The molecule has 0 aromatic carbocycles. The second-order valence-corrected chi connectivity index (χ2v) is 3.90. The van der Waals surface area contributed by atoms with Crippen LogP contribution < -0.4 is 0 Å². The second kappa shape index (κ2) is 14.9. The van der Waals surface area contributed by atoms with E-state index >= 15 is 0 Å². The molecule has 0 bridgehead atoms. The summed E-state index contributed by atoms with van der Waals surface area (Å²) >= 11 is 0. The molecule has 0 aliphatic heterocycles. The molecule has 0 saturated carbocycles. The maximum absolute atomic E-state index is 5.42. The van der Waals surface area contributed by atoms with Gasteiger partial charge in [0, 0.05) is 13.2 Å². The highest BCUT2D eigenvalue weighted by Gasteiger charge is 1.91. The van der Waals surface area contributed by atoms with Crippen LogP contribution in [0.15, 0.2) is 0 Å². The van der Waals surface area contributed by atoms with Gasteiger partial charge in [0.2, 0.25) is 0 Å². The molecule has 0 N–H and O–H groups in total. The van der Waals surface area contributed by atoms with Crippen LogP contribution in [0.1, 0.15) is 46.0 Å². The minimum atomic E-state index is 0.683. The third-order valence-corrected chi connectivity index (χ3v) is 2.28. The van der Waals surface area contributed by atoms with Crippen molar-refractivity contribution in [3.63, 3.8) is 0 Å². The maximum atomic E-state index is 5.42. The van der Waals surface area contributed by atoms with Gasteiger partial charge in [0.1, 0.15) is 0 Å². The van der Waals surface area contributed by atoms with Crippen LogP contribution in [-0.4, -0.2) is 39.6 Å². The van der Waals surface area contributed by atoms with Crippen molar-refractivity contribution in [1.82, 2.24) is 0 Å². The molecule has 0 unspecified atom stereocenters. The lowest BCUT2D eigenvalue weighted by Gasteiger charge is -2.06. The SMILES string of the molecule is CCCCCOCCOCCOCCCC. The van der Waals surface area contributed by atoms with Gasteiger partial charge in [0.25, 0.3) is 0 Å². The Morgan fingerprint density at radius 3 is 1.44 bits per heavy atom. The van der Waals surface area contributed by atoms with Crippen LogP contribution in [0.3, 0.4) is 0 Å². The average Bonchev–Trinajstić information content (AvgIpc) is 2.31. The molecule has 0 aromatic rings. The zero-order valence-corrected chi connectivity index (χ0v) is 11.0. The Bertz CT molecular complexity index is 104. The van der Waals surface area contributed by atoms with E-state index in [1.165, 1.54) is 19.3 Å². The first-order valence-corrected chi connectivity index (χ1v) is 6.65. The third kappa shape index (κ3) is 13.9. The quantitative estimate of drug-likeness (QED) is 0.457. The van der Waals surface area contributed by atoms with Gasteiger partial charge < -0.3 is 14.2 Å². The molecule has 0 fully saturated rings. The molecule has 0 aliphatic carbocycles. The highest BCUT2D eigenvalue weighted by atomic mass is 16.5. The zero-order valence-electron chi connectivity index (χ0n) is 11.0. The van der Waals surface area contributed by atoms with Gasteiger partial charge in [-0.3, -0.25) is 0 Å². The lowest BCUT2D eigenvalue weighted by Crippen LogP contribution is -2.10. The highest BCUT2D eigenvalue weighted by molar-refractivity contribution is 4.37. The second-order valence-electron chi connectivity index (χ2n) is 3.90. The Hall–Kier alpha value is -0.120. The number of hydrogen-bond donors (Lipinski definition) is 0. The van der Waals surface area contributed by atoms with Crippen LogP contribution in [0, 0.1) is 0 Å². The van der Waals surface area contributed by atoms with E-state index in [9.17, 15) is 0 Å². The summed E-state index contributed by atoms with van der Waals surface area (Å²) in [5.41, 5.74) is 0. The Labute approximate surface area is 100 Å². The van der Waals surface area contributed by atoms with E-state index in [2.05, 4.69) is 13.8 Å². The van der Waals surface area contributed by atoms with Crippen LogP contribution >= 0.6 is 0 Å². The van der Waals surface area contributed by atoms with Crippen molar-refractivity contribution >= 4 is 0 Å². The van der Waals surface area contributed by atoms with Gasteiger partial charge in [-0.15, -0.1) is 0 Å². The summed E-state index contributed by atoms with van der Waals surface area (Å²) in [6.07, 6.45) is 5.99. The minimum absolute atomic E-state index is 0.683. The first kappa shape index (κ1) is 15.9. The van der Waals surface area contributed by atoms with Gasteiger partial charge in [0.05, 0.1) is 26.4 Å². The van der Waals surface area contributed by atoms with E-state index in [0.29, 0.717) is 26.4 Å². The first-order chi connectivity index (χ1) is 7.91. The van der Waals surface area contributed by atoms with E-state index in [4.69, 9.17) is 14.2 Å². The summed E-state index contributed by atoms with van der Waals surface area (Å²) in [6, 6.07) is 0. The highest BCUT2D eigenvalue weighted by Crippen LogP contribution is 1.94. The Morgan fingerprint density at radius 1 is 0.500 bits per heavy atom. The molecule has 3 heteroatoms. The van der Waals surface area contributed by atoms with Crippen LogP contribution in [0.2, 0.25) is 0 Å². The van der Waals surface area contributed by atoms with Gasteiger partial charge in [0.15, 0.2) is 0 Å². The van der Waals surface area contributed by atoms with E-state index < -0.39 is 0 Å². The molecular formula is C13H28O3. The average molecular weight is 232 g/mol. The number of ether oxygens (including phenoxy) is 3. The molecule has 0 amide bonds. The summed E-state index contributed by atoms with van der Waals surface area (Å²) in [4.78, 5) is 0. The maximum Gasteiger partial charge on any atom is 0.0701 e. The van der Waals surface area contributed by atoms with E-state index in [-0.39, 0.29) is 0 Å². The molecule has 0 atom stereocenters. The minimum Gasteiger partial charge on any atom is -0.379 e. The third-order valence-electron chi connectivity index (χ3n) is 2.28. The molecular weight excluding hydrogens is 204 g/mol. The van der Waals surface area contributed by atoms with E-state index in [1.54, 1.807) is 0 Å². The lowest BCUT2D eigenvalue weighted by molar-refractivity contribution is 0.0135. The van der Waals surface area contributed by atoms with Gasteiger partial charge in [-0.25, -0.2) is 0 Å². The smallest absolute Gasteiger partial charge is 0.0701 e. The van der Waals surface area contributed by atoms with Crippen LogP contribution in [0.25, 0.3) is 0 Å². The molecule has 3 nitrogen and oxygen atoms in total. The molecule has 0 aromatic heterocycles. The molecule has 16 heavy (non-hydrogen) atoms. The molecule has 0 rings (SSSR count). The zero-order chi connectivity index (χ0) is 11.9. The lowest BCUT2D eigenvalue weighted by atomic mass is 10.3. The van der Waals surface area contributed by atoms with Crippen molar-refractivity contribution in [2.75, 3.05) is 39.6 Å². The summed E-state index contributed by atoms with van der Waals surface area (Å²) in [6.45, 7) is 8.86. The predicted octanol–water partition coefficient (Wildman–Crippen LogP) is 3.03. The summed E-state index contributed by atoms with van der Waals surface area (Å²) in [5, 5.41) is 0. The largest absolute Gasteiger partial charge is 0.379 e. The number of hydrogen-bond acceptors (Lipinski definition) is 3. The molecule has 0 heterocycles. The summed E-state index contributed by atoms with van der Waals surface area (Å²) in [7, 11) is 0. The predicted molar refractivity (Wildman–Crippen MR) is 66.9 cm³/mol. The van der Waals surface area contributed by atoms with Gasteiger partial charge >= 0.3 is 0 Å². The van der Waals surface area contributed by atoms with Crippen molar-refractivity contribution in [1.29, 1.82) is 0 Å². The number of rotatable bonds is 13. The van der Waals surface area contributed by atoms with Crippen LogP contribution in [0.5, 0.6) is 0 Å². The first-order valence-electron chi connectivity index (χ1n) is 6.65. The molecule has 0 radical (unpaired) electrons. The molecule has 0 saturated heterocycles. The summed E-state index contributed by atoms with van der Waals surface area (Å²) < 4.78 is 16.2. The van der Waals surface area contributed by atoms with Crippen molar-refractivity contribution in [3.05, 3.63) is 0 Å². The van der Waals surface area contributed by atoms with Crippen molar-refractivity contribution < 1.29 is 14.2 Å². The monoisotopic (exact) mass is 232 g/mol. The molecule has 0 aliphatic rings. The summed E-state index contributed by atoms with van der Waals surface area (Å²) in [5.74, 6) is 0. The van der Waals surface area contributed by atoms with Crippen LogP contribution in [0.4, 0.5) is 0 Å². The van der Waals surface area contributed by atoms with Crippen molar-refractivity contribution in [3.8, 4) is 0 Å². The number of unbranched alkanes of at least 4 members (excludes halogenated alkanes) is 3. The van der Waals surface area contributed by atoms with Crippen LogP contribution in [-0.2, 0) is 14.2 Å². The fraction of sp³-hybridized carbons (Fsp3) is 1.00. The van der Waals surface area contributed by atoms with Crippen molar-refractivity contribution in [2.24, 2.45) is 0 Å². The fourth-order valence-electron chi connectivity index (χ4n) is 1.24. The Balaban J connectivity index is 2.83. The van der Waals surface area contributed by atoms with Gasteiger partial charge in [-0.05, 0) is 12.8 Å². The topological polar surface area (TPSA) is 27.7 Å². The van der Waals surface area contributed by atoms with Crippen molar-refractivity contribution in [2.45, 2.75) is 46.0 Å². The Kier molecular flexibility index (Phi) is 14.8. The van der Waals surface area contributed by atoms with Gasteiger partial charge in [-0.1, -0.05) is 33.1 Å². The molecule has 0 spiro atoms. The fourth-order valence-corrected chi connectivity index (χ4v) is 1.24. The standard InChI is InChI=1S/C13H28O3/c1-3-5-7-9-15-11-13-16-12-10-14-8-6-4-2/h3-13H2,1-2H3. The van der Waals surface area contributed by atoms with E-state index in [0.717, 1.165) is 26.1 Å².